The van der Waals surface area contributed by atoms with Crippen LogP contribution >= 0.6 is 11.8 Å². The van der Waals surface area contributed by atoms with Crippen molar-refractivity contribution in [1.82, 2.24) is 5.32 Å². The smallest absolute Gasteiger partial charge is 0.436 e. The number of benzene rings is 2. The molecule has 0 heterocycles. The number of nitrogens with one attached hydrogen (secondary N) is 3. The highest BCUT2D eigenvalue weighted by Gasteiger charge is 2.12. The molecule has 0 aliphatic rings. The van der Waals surface area contributed by atoms with Crippen LogP contribution in [0.2, 0.25) is 0 Å². The second-order valence-corrected chi connectivity index (χ2v) is 6.57. The number of guanidine groups is 1. The first-order valence-electron chi connectivity index (χ1n) is 8.43. The molecule has 10 nitrogen and oxygen atoms in total. The number of methoxy groups -OCH3 is 3. The largest absolute Gasteiger partial charge is 0.497 e. The quantitative estimate of drug-likeness (QED) is 0.360. The SMILES string of the molecule is COC(=O)/N=C(\NC(=O)OC)Nc1ccc(Sc2cccc(OC)c2)cc1NC=O. The van der Waals surface area contributed by atoms with E-state index in [1.54, 1.807) is 25.3 Å². The van der Waals surface area contributed by atoms with Gasteiger partial charge in [-0.05, 0) is 36.4 Å². The Morgan fingerprint density at radius 3 is 2.43 bits per heavy atom. The van der Waals surface area contributed by atoms with Crippen LogP contribution in [0.4, 0.5) is 21.0 Å². The van der Waals surface area contributed by atoms with Gasteiger partial charge in [-0.15, -0.1) is 4.99 Å². The minimum absolute atomic E-state index is 0.240. The van der Waals surface area contributed by atoms with Crippen LogP contribution in [0.25, 0.3) is 0 Å². The molecule has 0 spiro atoms. The molecule has 0 atom stereocenters. The van der Waals surface area contributed by atoms with E-state index < -0.39 is 12.2 Å². The Hall–Kier alpha value is -3.73. The summed E-state index contributed by atoms with van der Waals surface area (Å²) in [5.41, 5.74) is 0.762. The maximum absolute atomic E-state index is 11.5. The number of rotatable bonds is 6. The number of hydrogen-bond acceptors (Lipinski definition) is 7. The van der Waals surface area contributed by atoms with Crippen LogP contribution in [0.3, 0.4) is 0 Å². The molecule has 0 saturated heterocycles. The van der Waals surface area contributed by atoms with Crippen molar-refractivity contribution >= 4 is 47.7 Å². The van der Waals surface area contributed by atoms with Crippen molar-refractivity contribution in [3.63, 3.8) is 0 Å². The van der Waals surface area contributed by atoms with Gasteiger partial charge in [0, 0.05) is 9.79 Å². The molecule has 0 aliphatic heterocycles. The lowest BCUT2D eigenvalue weighted by molar-refractivity contribution is -0.105. The molecule has 0 fully saturated rings. The van der Waals surface area contributed by atoms with Crippen LogP contribution in [0.1, 0.15) is 0 Å². The lowest BCUT2D eigenvalue weighted by atomic mass is 10.2. The third-order valence-corrected chi connectivity index (χ3v) is 4.50. The van der Waals surface area contributed by atoms with Crippen LogP contribution in [0.15, 0.2) is 57.2 Å². The molecule has 2 aromatic rings. The monoisotopic (exact) mass is 432 g/mol. The van der Waals surface area contributed by atoms with E-state index in [9.17, 15) is 14.4 Å². The summed E-state index contributed by atoms with van der Waals surface area (Å²) in [5, 5.41) is 7.59. The van der Waals surface area contributed by atoms with E-state index in [0.29, 0.717) is 17.8 Å². The van der Waals surface area contributed by atoms with Gasteiger partial charge in [-0.1, -0.05) is 17.8 Å². The topological polar surface area (TPSA) is 127 Å². The normalized spacial score (nSPS) is 10.6. The molecular formula is C19H20N4O6S. The van der Waals surface area contributed by atoms with Crippen LogP contribution < -0.4 is 20.7 Å². The minimum atomic E-state index is -0.941. The van der Waals surface area contributed by atoms with Crippen molar-refractivity contribution in [2.45, 2.75) is 9.79 Å². The molecule has 0 aliphatic carbocycles. The number of hydrogen-bond donors (Lipinski definition) is 3. The molecule has 0 radical (unpaired) electrons. The Bertz CT molecular complexity index is 950. The van der Waals surface area contributed by atoms with Crippen molar-refractivity contribution in [1.29, 1.82) is 0 Å². The van der Waals surface area contributed by atoms with Crippen molar-refractivity contribution in [2.24, 2.45) is 4.99 Å². The highest BCUT2D eigenvalue weighted by Crippen LogP contribution is 2.34. The number of carbonyl (C=O) groups excluding carboxylic acids is 3. The lowest BCUT2D eigenvalue weighted by Gasteiger charge is -2.14. The first-order valence-corrected chi connectivity index (χ1v) is 9.25. The Morgan fingerprint density at radius 1 is 1.00 bits per heavy atom. The highest BCUT2D eigenvalue weighted by molar-refractivity contribution is 7.99. The summed E-state index contributed by atoms with van der Waals surface area (Å²) in [6.07, 6.45) is -1.28. The molecule has 2 aromatic carbocycles. The van der Waals surface area contributed by atoms with Crippen LogP contribution in [0, 0.1) is 0 Å². The number of ether oxygens (including phenoxy) is 3. The Kier molecular flexibility index (Phi) is 8.51. The highest BCUT2D eigenvalue weighted by atomic mass is 32.2. The van der Waals surface area contributed by atoms with Crippen molar-refractivity contribution in [3.8, 4) is 5.75 Å². The first-order chi connectivity index (χ1) is 14.5. The van der Waals surface area contributed by atoms with Gasteiger partial charge in [-0.3, -0.25) is 10.1 Å². The van der Waals surface area contributed by atoms with E-state index in [2.05, 4.69) is 30.4 Å². The van der Waals surface area contributed by atoms with E-state index in [4.69, 9.17) is 4.74 Å². The van der Waals surface area contributed by atoms with Crippen molar-refractivity contribution < 1.29 is 28.6 Å². The average Bonchev–Trinajstić information content (AvgIpc) is 2.75. The fourth-order valence-electron chi connectivity index (χ4n) is 2.18. The summed E-state index contributed by atoms with van der Waals surface area (Å²) in [6, 6.07) is 12.7. The molecule has 30 heavy (non-hydrogen) atoms. The molecular weight excluding hydrogens is 412 g/mol. The fraction of sp³-hybridized carbons (Fsp3) is 0.158. The number of alkyl carbamates (subject to hydrolysis) is 1. The van der Waals surface area contributed by atoms with Crippen LogP contribution in [0.5, 0.6) is 5.75 Å². The van der Waals surface area contributed by atoms with Crippen LogP contribution in [-0.2, 0) is 14.3 Å². The summed E-state index contributed by atoms with van der Waals surface area (Å²) in [7, 11) is 3.90. The summed E-state index contributed by atoms with van der Waals surface area (Å²) in [6.45, 7) is 0. The van der Waals surface area contributed by atoms with Crippen molar-refractivity contribution in [3.05, 3.63) is 42.5 Å². The van der Waals surface area contributed by atoms with Gasteiger partial charge in [0.25, 0.3) is 0 Å². The average molecular weight is 432 g/mol. The molecule has 2 rings (SSSR count). The zero-order valence-electron chi connectivity index (χ0n) is 16.4. The maximum atomic E-state index is 11.5. The van der Waals surface area contributed by atoms with Crippen molar-refractivity contribution in [2.75, 3.05) is 32.0 Å². The summed E-state index contributed by atoms with van der Waals surface area (Å²) in [5.74, 6) is 0.484. The lowest BCUT2D eigenvalue weighted by Crippen LogP contribution is -2.36. The summed E-state index contributed by atoms with van der Waals surface area (Å²) >= 11 is 1.46. The Morgan fingerprint density at radius 2 is 1.77 bits per heavy atom. The molecule has 0 saturated carbocycles. The fourth-order valence-corrected chi connectivity index (χ4v) is 3.09. The maximum Gasteiger partial charge on any atom is 0.436 e. The first kappa shape index (κ1) is 22.6. The summed E-state index contributed by atoms with van der Waals surface area (Å²) < 4.78 is 14.2. The third kappa shape index (κ3) is 6.71. The molecule has 11 heteroatoms. The van der Waals surface area contributed by atoms with E-state index in [1.807, 2.05) is 24.3 Å². The number of anilines is 2. The number of nitrogens with zero attached hydrogens (tertiary/aromatic N) is 1. The number of aliphatic imine (C=N–C) groups is 1. The van der Waals surface area contributed by atoms with Gasteiger partial charge in [0.15, 0.2) is 0 Å². The molecule has 0 aromatic heterocycles. The zero-order valence-corrected chi connectivity index (χ0v) is 17.2. The zero-order chi connectivity index (χ0) is 21.9. The second-order valence-electron chi connectivity index (χ2n) is 5.42. The Balaban J connectivity index is 2.29. The molecule has 158 valence electrons. The van der Waals surface area contributed by atoms with Crippen LogP contribution in [-0.4, -0.2) is 45.9 Å². The second kappa shape index (κ2) is 11.3. The van der Waals surface area contributed by atoms with E-state index in [0.717, 1.165) is 29.8 Å². The standard InChI is InChI=1S/C19H20N4O6S/c1-27-12-5-4-6-13(9-12)30-14-7-8-15(16(10-14)20-11-24)21-17(22-18(25)28-2)23-19(26)29-3/h4-11H,1-3H3,(H,20,24)(H2,21,22,23,25,26). The van der Waals surface area contributed by atoms with Gasteiger partial charge in [0.05, 0.1) is 32.7 Å². The van der Waals surface area contributed by atoms with E-state index in [-0.39, 0.29) is 5.96 Å². The van der Waals surface area contributed by atoms with Gasteiger partial charge < -0.3 is 24.8 Å². The molecule has 3 N–H and O–H groups in total. The molecule has 3 amide bonds. The Labute approximate surface area is 177 Å². The van der Waals surface area contributed by atoms with E-state index in [1.165, 1.54) is 11.8 Å². The number of carbonyl (C=O) groups is 3. The van der Waals surface area contributed by atoms with Gasteiger partial charge in [-0.25, -0.2) is 9.59 Å². The molecule has 0 unspecified atom stereocenters. The van der Waals surface area contributed by atoms with Gasteiger partial charge in [0.2, 0.25) is 12.4 Å². The van der Waals surface area contributed by atoms with Gasteiger partial charge in [0.1, 0.15) is 5.75 Å². The molecule has 0 bridgehead atoms. The predicted molar refractivity (Wildman–Crippen MR) is 112 cm³/mol. The third-order valence-electron chi connectivity index (χ3n) is 3.52. The predicted octanol–water partition coefficient (Wildman–Crippen LogP) is 3.31. The van der Waals surface area contributed by atoms with Gasteiger partial charge >= 0.3 is 12.2 Å². The summed E-state index contributed by atoms with van der Waals surface area (Å²) in [4.78, 5) is 39.4. The van der Waals surface area contributed by atoms with E-state index >= 15 is 0 Å². The number of amides is 3. The van der Waals surface area contributed by atoms with Gasteiger partial charge in [-0.2, -0.15) is 0 Å². The minimum Gasteiger partial charge on any atom is -0.497 e.